The first-order chi connectivity index (χ1) is 10.6. The van der Waals surface area contributed by atoms with Gasteiger partial charge in [0.1, 0.15) is 0 Å². The van der Waals surface area contributed by atoms with Crippen LogP contribution in [0.1, 0.15) is 11.1 Å². The number of halogens is 1. The second-order valence-corrected chi connectivity index (χ2v) is 5.20. The van der Waals surface area contributed by atoms with Gasteiger partial charge in [-0.25, -0.2) is 4.79 Å². The number of benzene rings is 2. The van der Waals surface area contributed by atoms with Gasteiger partial charge in [0.15, 0.2) is 17.4 Å². The fraction of sp³-hybridized carbons (Fsp3) is 0.0625. The van der Waals surface area contributed by atoms with Gasteiger partial charge in [-0.1, -0.05) is 41.9 Å². The number of anilines is 1. The average molecular weight is 441 g/mol. The summed E-state index contributed by atoms with van der Waals surface area (Å²) in [5.74, 6) is -1.98. The third-order valence-electron chi connectivity index (χ3n) is 3.28. The third kappa shape index (κ3) is 6.86. The topological polar surface area (TPSA) is 109 Å². The molecule has 126 valence electrons. The summed E-state index contributed by atoms with van der Waals surface area (Å²) in [6.45, 7) is 0. The molecule has 0 saturated carbocycles. The molecule has 2 aromatic rings. The zero-order valence-electron chi connectivity index (χ0n) is 12.7. The Morgan fingerprint density at radius 3 is 2.35 bits per heavy atom. The fourth-order valence-corrected chi connectivity index (χ4v) is 2.45. The first kappa shape index (κ1) is 29.3. The fourth-order valence-electron chi connectivity index (χ4n) is 2.27. The van der Waals surface area contributed by atoms with Gasteiger partial charge < -0.3 is 15.9 Å². The largest absolute Gasteiger partial charge is 0.870 e. The average Bonchev–Trinajstić information content (AvgIpc) is 2.64. The van der Waals surface area contributed by atoms with Gasteiger partial charge in [-0.05, 0) is 18.2 Å². The maximum absolute atomic E-state index is 12.0. The minimum absolute atomic E-state index is 0. The second kappa shape index (κ2) is 13.4. The van der Waals surface area contributed by atoms with Crippen molar-refractivity contribution in [1.82, 2.24) is 0 Å². The molecule has 0 fully saturated rings. The van der Waals surface area contributed by atoms with Crippen LogP contribution < -0.4 is 56.7 Å². The van der Waals surface area contributed by atoms with E-state index in [4.69, 9.17) is 11.6 Å². The van der Waals surface area contributed by atoms with Crippen molar-refractivity contribution in [1.29, 1.82) is 0 Å². The normalized spacial score (nSPS) is 14.4. The number of fused-ring (bicyclic) bond motifs is 1. The van der Waals surface area contributed by atoms with Crippen LogP contribution in [0.2, 0.25) is 5.02 Å². The maximum atomic E-state index is 12.0. The van der Waals surface area contributed by atoms with E-state index in [1.54, 1.807) is 30.3 Å². The third-order valence-corrected chi connectivity index (χ3v) is 3.52. The Kier molecular flexibility index (Phi) is 15.0. The van der Waals surface area contributed by atoms with Crippen molar-refractivity contribution in [2.45, 2.75) is 6.04 Å². The molecule has 2 aromatic carbocycles. The molecular formula is C16H16AlClK2N2O4. The Morgan fingerprint density at radius 1 is 1.15 bits per heavy atom. The first-order valence-corrected chi connectivity index (χ1v) is 6.91. The summed E-state index contributed by atoms with van der Waals surface area (Å²) in [5.41, 5.74) is 2.22. The van der Waals surface area contributed by atoms with Crippen LogP contribution in [0.3, 0.4) is 0 Å². The Hall–Kier alpha value is 1.11. The molecule has 1 atom stereocenters. The summed E-state index contributed by atoms with van der Waals surface area (Å²) in [5, 5.41) is 12.3. The molecule has 1 amide bonds. The summed E-state index contributed by atoms with van der Waals surface area (Å²) in [6, 6.07) is 12.5. The number of hydrogen-bond donors (Lipinski definition) is 2. The molecule has 3 N–H and O–H groups in total. The molecule has 0 aromatic heterocycles. The Morgan fingerprint density at radius 2 is 1.77 bits per heavy atom. The second-order valence-electron chi connectivity index (χ2n) is 4.76. The van der Waals surface area contributed by atoms with Gasteiger partial charge in [-0.3, -0.25) is 9.79 Å². The number of hydrogen-bond acceptors (Lipinski definition) is 4. The number of carboxylic acid groups (broad SMARTS) is 1. The van der Waals surface area contributed by atoms with Gasteiger partial charge in [0.2, 0.25) is 6.04 Å². The minimum Gasteiger partial charge on any atom is -0.870 e. The Balaban J connectivity index is 0. The summed E-state index contributed by atoms with van der Waals surface area (Å²) in [6.07, 6.45) is 0. The number of nitrogens with zero attached hydrogens (tertiary/aromatic N) is 1. The molecule has 6 nitrogen and oxygen atoms in total. The zero-order chi connectivity index (χ0) is 15.7. The molecule has 1 aliphatic heterocycles. The number of nitrogens with one attached hydrogen (secondary N) is 1. The van der Waals surface area contributed by atoms with E-state index in [9.17, 15) is 14.7 Å². The number of carbonyl (C=O) groups is 2. The van der Waals surface area contributed by atoms with Crippen molar-refractivity contribution >= 4 is 104 Å². The van der Waals surface area contributed by atoms with E-state index in [0.717, 1.165) is 0 Å². The molecular weight excluding hydrogens is 425 g/mol. The van der Waals surface area contributed by atoms with Gasteiger partial charge in [-0.2, -0.15) is 0 Å². The van der Waals surface area contributed by atoms with Crippen molar-refractivity contribution in [3.63, 3.8) is 0 Å². The van der Waals surface area contributed by atoms with E-state index in [1.807, 2.05) is 18.2 Å². The van der Waals surface area contributed by atoms with Crippen LogP contribution in [-0.2, 0) is 9.59 Å². The monoisotopic (exact) mass is 440 g/mol. The van der Waals surface area contributed by atoms with Crippen LogP contribution in [0, 0.1) is 0 Å². The van der Waals surface area contributed by atoms with Gasteiger partial charge in [0, 0.05) is 16.1 Å². The SMILES string of the molecule is O=C(O)C1N=C(c2ccccc2)c2cc(Cl)ccc2NC1=O.[AlH3].[K+].[KH].[OH-]. The van der Waals surface area contributed by atoms with Crippen molar-refractivity contribution in [2.75, 3.05) is 5.32 Å². The number of amides is 1. The molecule has 3 rings (SSSR count). The van der Waals surface area contributed by atoms with E-state index in [-0.39, 0.29) is 126 Å². The molecule has 1 aliphatic rings. The van der Waals surface area contributed by atoms with Crippen LogP contribution in [0.25, 0.3) is 0 Å². The number of carboxylic acids is 1. The molecule has 1 unspecified atom stereocenters. The van der Waals surface area contributed by atoms with Crippen LogP contribution in [-0.4, -0.2) is 103 Å². The minimum atomic E-state index is -1.50. The van der Waals surface area contributed by atoms with Gasteiger partial charge in [0.25, 0.3) is 5.91 Å². The Labute approximate surface area is 251 Å². The van der Waals surface area contributed by atoms with Crippen molar-refractivity contribution < 1.29 is 71.6 Å². The quantitative estimate of drug-likeness (QED) is 0.400. The van der Waals surface area contributed by atoms with Gasteiger partial charge >= 0.3 is 109 Å². The molecule has 10 heteroatoms. The van der Waals surface area contributed by atoms with E-state index < -0.39 is 17.9 Å². The molecule has 0 spiro atoms. The predicted molar refractivity (Wildman–Crippen MR) is 103 cm³/mol. The van der Waals surface area contributed by atoms with Crippen LogP contribution >= 0.6 is 11.6 Å². The van der Waals surface area contributed by atoms with Crippen LogP contribution in [0.5, 0.6) is 0 Å². The van der Waals surface area contributed by atoms with Crippen molar-refractivity contribution in [3.05, 3.63) is 64.7 Å². The van der Waals surface area contributed by atoms with E-state index in [0.29, 0.717) is 27.5 Å². The molecule has 0 radical (unpaired) electrons. The van der Waals surface area contributed by atoms with Crippen LogP contribution in [0.4, 0.5) is 5.69 Å². The van der Waals surface area contributed by atoms with E-state index >= 15 is 0 Å². The summed E-state index contributed by atoms with van der Waals surface area (Å²) >= 11 is 6.03. The van der Waals surface area contributed by atoms with Crippen LogP contribution in [0.15, 0.2) is 53.5 Å². The Bertz CT molecular complexity index is 806. The van der Waals surface area contributed by atoms with E-state index in [1.165, 1.54) is 0 Å². The van der Waals surface area contributed by atoms with Gasteiger partial charge in [-0.15, -0.1) is 0 Å². The molecule has 1 heterocycles. The predicted octanol–water partition coefficient (Wildman–Crippen LogP) is -2.42. The summed E-state index contributed by atoms with van der Waals surface area (Å²) in [4.78, 5) is 27.5. The molecule has 0 aliphatic carbocycles. The molecule has 26 heavy (non-hydrogen) atoms. The maximum Gasteiger partial charge on any atom is -0.870 e. The molecule has 0 bridgehead atoms. The summed E-state index contributed by atoms with van der Waals surface area (Å²) < 4.78 is 0. The van der Waals surface area contributed by atoms with E-state index in [2.05, 4.69) is 10.3 Å². The first-order valence-electron chi connectivity index (χ1n) is 6.53. The summed E-state index contributed by atoms with van der Waals surface area (Å²) in [7, 11) is 0. The number of aliphatic carboxylic acids is 1. The van der Waals surface area contributed by atoms with Crippen molar-refractivity contribution in [2.24, 2.45) is 4.99 Å². The van der Waals surface area contributed by atoms with Gasteiger partial charge in [0.05, 0.1) is 11.4 Å². The smallest absolute Gasteiger partial charge is 0.870 e. The number of carbonyl (C=O) groups excluding carboxylic acids is 1. The zero-order valence-corrected chi connectivity index (χ0v) is 16.6. The standard InChI is InChI=1S/C16H11ClN2O3.Al.2K.H2O.4H/c17-10-6-7-12-11(8-10)13(9-4-2-1-3-5-9)19-14(16(21)22)15(20)18-12;;;;;;;;/h1-8,14H,(H,18,20)(H,21,22);;;;1H2;;;;/q;;;+1;;;;;/p-1. The number of benzodiazepines with no additional fused rings is 1. The number of rotatable bonds is 2. The van der Waals surface area contributed by atoms with Crippen molar-refractivity contribution in [3.8, 4) is 0 Å². The molecule has 0 saturated heterocycles. The number of aliphatic imine (C=N–C) groups is 1.